The first-order valence-electron chi connectivity index (χ1n) is 9.98. The maximum Gasteiger partial charge on any atom is 0.408 e. The zero-order valence-electron chi connectivity index (χ0n) is 18.8. The van der Waals surface area contributed by atoms with Crippen molar-refractivity contribution in [3.8, 4) is 23.0 Å². The molecule has 2 aromatic heterocycles. The maximum atomic E-state index is 13.9. The number of nitrogens with one attached hydrogen (secondary N) is 1. The molecule has 13 heteroatoms. The molecule has 0 unspecified atom stereocenters. The van der Waals surface area contributed by atoms with Crippen molar-refractivity contribution in [1.29, 1.82) is 0 Å². The standard InChI is InChI=1S/C21H22ClFN6O5/c1-21(2,3)34-20(31)25-16(19(30)32-4)11-29-27-17(26-28-29)12-5-7-14(8-6-12)33-18-15(23)9-13(22)10-24-18/h5-10,16H,11H2,1-4H3,(H,25,31)/t16-/m0/s1. The summed E-state index contributed by atoms with van der Waals surface area (Å²) in [6.07, 6.45) is 0.487. The lowest BCUT2D eigenvalue weighted by molar-refractivity contribution is -0.143. The first-order chi connectivity index (χ1) is 16.0. The topological polar surface area (TPSA) is 130 Å². The van der Waals surface area contributed by atoms with Crippen molar-refractivity contribution in [2.24, 2.45) is 0 Å². The molecule has 3 aromatic rings. The molecule has 0 saturated heterocycles. The summed E-state index contributed by atoms with van der Waals surface area (Å²) in [5.74, 6) is -1.02. The highest BCUT2D eigenvalue weighted by Crippen LogP contribution is 2.26. The molecular weight excluding hydrogens is 471 g/mol. The van der Waals surface area contributed by atoms with Gasteiger partial charge in [0.15, 0.2) is 11.9 Å². The summed E-state index contributed by atoms with van der Waals surface area (Å²) in [7, 11) is 1.20. The van der Waals surface area contributed by atoms with E-state index < -0.39 is 29.5 Å². The van der Waals surface area contributed by atoms with E-state index in [-0.39, 0.29) is 23.3 Å². The summed E-state index contributed by atoms with van der Waals surface area (Å²) in [6, 6.07) is 6.43. The average Bonchev–Trinajstić information content (AvgIpc) is 3.22. The van der Waals surface area contributed by atoms with Crippen molar-refractivity contribution in [2.75, 3.05) is 7.11 Å². The Morgan fingerprint density at radius 1 is 1.24 bits per heavy atom. The summed E-state index contributed by atoms with van der Waals surface area (Å²) in [5.41, 5.74) is -0.160. The molecule has 1 aromatic carbocycles. The third kappa shape index (κ3) is 6.85. The lowest BCUT2D eigenvalue weighted by Crippen LogP contribution is -2.46. The van der Waals surface area contributed by atoms with Gasteiger partial charge in [-0.05, 0) is 56.3 Å². The van der Waals surface area contributed by atoms with Gasteiger partial charge in [0.2, 0.25) is 5.82 Å². The molecule has 0 saturated carbocycles. The van der Waals surface area contributed by atoms with E-state index in [9.17, 15) is 14.0 Å². The van der Waals surface area contributed by atoms with Gasteiger partial charge in [-0.25, -0.2) is 19.0 Å². The maximum absolute atomic E-state index is 13.9. The van der Waals surface area contributed by atoms with Crippen LogP contribution < -0.4 is 10.1 Å². The molecule has 34 heavy (non-hydrogen) atoms. The van der Waals surface area contributed by atoms with Gasteiger partial charge in [0.25, 0.3) is 5.88 Å². The number of aromatic nitrogens is 5. The zero-order valence-corrected chi connectivity index (χ0v) is 19.5. The van der Waals surface area contributed by atoms with Gasteiger partial charge in [0.05, 0.1) is 18.7 Å². The predicted octanol–water partition coefficient (Wildman–Crippen LogP) is 3.39. The van der Waals surface area contributed by atoms with Crippen LogP contribution in [0.5, 0.6) is 11.6 Å². The Balaban J connectivity index is 1.68. The molecule has 1 amide bonds. The normalized spacial score (nSPS) is 12.1. The average molecular weight is 493 g/mol. The molecular formula is C21H22ClFN6O5. The van der Waals surface area contributed by atoms with Gasteiger partial charge in [0.1, 0.15) is 11.4 Å². The Kier molecular flexibility index (Phi) is 7.61. The monoisotopic (exact) mass is 492 g/mol. The Labute approximate surface area is 199 Å². The molecule has 11 nitrogen and oxygen atoms in total. The predicted molar refractivity (Wildman–Crippen MR) is 118 cm³/mol. The Hall–Kier alpha value is -3.80. The summed E-state index contributed by atoms with van der Waals surface area (Å²) < 4.78 is 29.2. The number of ether oxygens (including phenoxy) is 3. The third-order valence-corrected chi connectivity index (χ3v) is 4.28. The molecule has 0 radical (unpaired) electrons. The van der Waals surface area contributed by atoms with E-state index in [1.165, 1.54) is 13.3 Å². The van der Waals surface area contributed by atoms with Crippen molar-refractivity contribution >= 4 is 23.7 Å². The summed E-state index contributed by atoms with van der Waals surface area (Å²) in [6.45, 7) is 4.96. The minimum absolute atomic E-state index is 0.137. The van der Waals surface area contributed by atoms with Gasteiger partial charge < -0.3 is 19.5 Å². The molecule has 0 aliphatic rings. The number of hydrogen-bond acceptors (Lipinski definition) is 9. The number of halogens is 2. The second kappa shape index (κ2) is 10.4. The van der Waals surface area contributed by atoms with Crippen LogP contribution in [0.15, 0.2) is 36.5 Å². The fourth-order valence-electron chi connectivity index (χ4n) is 2.63. The summed E-state index contributed by atoms with van der Waals surface area (Å²) in [5, 5.41) is 14.7. The van der Waals surface area contributed by atoms with Gasteiger partial charge in [-0.3, -0.25) is 0 Å². The largest absolute Gasteiger partial charge is 0.467 e. The van der Waals surface area contributed by atoms with E-state index in [0.717, 1.165) is 10.9 Å². The number of hydrogen-bond donors (Lipinski definition) is 1. The smallest absolute Gasteiger partial charge is 0.408 e. The highest BCUT2D eigenvalue weighted by atomic mass is 35.5. The number of carbonyl (C=O) groups is 2. The Bertz CT molecular complexity index is 1170. The van der Waals surface area contributed by atoms with Crippen LogP contribution in [0.25, 0.3) is 11.4 Å². The number of tetrazole rings is 1. The van der Waals surface area contributed by atoms with Crippen molar-refractivity contribution in [2.45, 2.75) is 39.0 Å². The van der Waals surface area contributed by atoms with Crippen molar-refractivity contribution in [3.63, 3.8) is 0 Å². The first-order valence-corrected chi connectivity index (χ1v) is 10.4. The van der Waals surface area contributed by atoms with Crippen molar-refractivity contribution in [1.82, 2.24) is 30.5 Å². The van der Waals surface area contributed by atoms with Gasteiger partial charge in [-0.2, -0.15) is 4.80 Å². The van der Waals surface area contributed by atoms with Gasteiger partial charge in [0, 0.05) is 11.8 Å². The van der Waals surface area contributed by atoms with Crippen LogP contribution in [0.4, 0.5) is 9.18 Å². The van der Waals surface area contributed by atoms with Gasteiger partial charge >= 0.3 is 12.1 Å². The number of alkyl carbamates (subject to hydrolysis) is 1. The van der Waals surface area contributed by atoms with Crippen LogP contribution in [-0.2, 0) is 20.8 Å². The fourth-order valence-corrected chi connectivity index (χ4v) is 2.78. The SMILES string of the molecule is COC(=O)[C@H](Cn1nnc(-c2ccc(Oc3ncc(Cl)cc3F)cc2)n1)NC(=O)OC(C)(C)C. The fraction of sp³-hybridized carbons (Fsp3) is 0.333. The highest BCUT2D eigenvalue weighted by Gasteiger charge is 2.26. The molecule has 180 valence electrons. The molecule has 0 aliphatic carbocycles. The van der Waals surface area contributed by atoms with E-state index in [1.54, 1.807) is 45.0 Å². The van der Waals surface area contributed by atoms with Crippen LogP contribution >= 0.6 is 11.6 Å². The van der Waals surface area contributed by atoms with Crippen molar-refractivity contribution in [3.05, 3.63) is 47.4 Å². The number of methoxy groups -OCH3 is 1. The van der Waals surface area contributed by atoms with E-state index in [0.29, 0.717) is 11.3 Å². The molecule has 1 atom stereocenters. The lowest BCUT2D eigenvalue weighted by Gasteiger charge is -2.22. The number of esters is 1. The van der Waals surface area contributed by atoms with Crippen LogP contribution in [-0.4, -0.2) is 56.0 Å². The zero-order chi connectivity index (χ0) is 24.9. The number of carbonyl (C=O) groups excluding carboxylic acids is 2. The molecule has 0 spiro atoms. The molecule has 0 bridgehead atoms. The van der Waals surface area contributed by atoms with E-state index >= 15 is 0 Å². The third-order valence-electron chi connectivity index (χ3n) is 4.08. The van der Waals surface area contributed by atoms with E-state index in [1.807, 2.05) is 0 Å². The number of amides is 1. The first kappa shape index (κ1) is 24.8. The molecule has 1 N–H and O–H groups in total. The minimum atomic E-state index is -1.10. The van der Waals surface area contributed by atoms with E-state index in [2.05, 4.69) is 25.7 Å². The Morgan fingerprint density at radius 3 is 2.56 bits per heavy atom. The molecule has 0 aliphatic heterocycles. The highest BCUT2D eigenvalue weighted by molar-refractivity contribution is 6.30. The Morgan fingerprint density at radius 2 is 1.94 bits per heavy atom. The van der Waals surface area contributed by atoms with Gasteiger partial charge in [-0.1, -0.05) is 11.6 Å². The van der Waals surface area contributed by atoms with Crippen LogP contribution in [0.2, 0.25) is 5.02 Å². The van der Waals surface area contributed by atoms with Crippen LogP contribution in [0.3, 0.4) is 0 Å². The van der Waals surface area contributed by atoms with Crippen molar-refractivity contribution < 1.29 is 28.2 Å². The summed E-state index contributed by atoms with van der Waals surface area (Å²) >= 11 is 5.69. The lowest BCUT2D eigenvalue weighted by atomic mass is 10.2. The minimum Gasteiger partial charge on any atom is -0.467 e. The number of pyridine rings is 1. The van der Waals surface area contributed by atoms with Gasteiger partial charge in [-0.15, -0.1) is 10.2 Å². The van der Waals surface area contributed by atoms with Crippen LogP contribution in [0.1, 0.15) is 20.8 Å². The molecule has 0 fully saturated rings. The number of benzene rings is 1. The molecule has 2 heterocycles. The second-order valence-electron chi connectivity index (χ2n) is 7.96. The molecule has 3 rings (SSSR count). The van der Waals surface area contributed by atoms with Crippen LogP contribution in [0, 0.1) is 5.82 Å². The number of rotatable bonds is 7. The second-order valence-corrected chi connectivity index (χ2v) is 8.39. The summed E-state index contributed by atoms with van der Waals surface area (Å²) in [4.78, 5) is 29.1. The van der Waals surface area contributed by atoms with E-state index in [4.69, 9.17) is 25.8 Å². The number of nitrogens with zero attached hydrogens (tertiary/aromatic N) is 5. The quantitative estimate of drug-likeness (QED) is 0.493.